The third kappa shape index (κ3) is 3.02. The minimum atomic E-state index is -1.45. The first-order valence-electron chi connectivity index (χ1n) is 6.18. The van der Waals surface area contributed by atoms with Crippen molar-refractivity contribution in [3.63, 3.8) is 0 Å². The molecule has 0 amide bonds. The van der Waals surface area contributed by atoms with E-state index in [4.69, 9.17) is 19.3 Å². The van der Waals surface area contributed by atoms with E-state index in [2.05, 4.69) is 0 Å². The van der Waals surface area contributed by atoms with Crippen molar-refractivity contribution in [2.75, 3.05) is 13.7 Å². The predicted octanol–water partition coefficient (Wildman–Crippen LogP) is -1.13. The number of ether oxygens (including phenoxy) is 3. The Kier molecular flexibility index (Phi) is 4.79. The first-order chi connectivity index (χ1) is 9.56. The van der Waals surface area contributed by atoms with Gasteiger partial charge in [0.2, 0.25) is 6.29 Å². The Bertz CT molecular complexity index is 419. The highest BCUT2D eigenvalue weighted by atomic mass is 16.7. The molecule has 0 radical (unpaired) electrons. The Morgan fingerprint density at radius 1 is 1.00 bits per heavy atom. The molecule has 1 fully saturated rings. The molecule has 1 saturated heterocycles. The van der Waals surface area contributed by atoms with Gasteiger partial charge >= 0.3 is 0 Å². The van der Waals surface area contributed by atoms with Crippen LogP contribution in [0.1, 0.15) is 0 Å². The van der Waals surface area contributed by atoms with Crippen molar-refractivity contribution in [3.8, 4) is 11.5 Å². The number of aliphatic hydroxyl groups is 4. The van der Waals surface area contributed by atoms with Gasteiger partial charge in [-0.15, -0.1) is 0 Å². The van der Waals surface area contributed by atoms with Gasteiger partial charge in [-0.1, -0.05) is 0 Å². The Hall–Kier alpha value is -1.38. The molecule has 112 valence electrons. The van der Waals surface area contributed by atoms with Crippen LogP contribution in [0.2, 0.25) is 0 Å². The monoisotopic (exact) mass is 286 g/mol. The van der Waals surface area contributed by atoms with E-state index in [-0.39, 0.29) is 0 Å². The normalized spacial score (nSPS) is 33.8. The zero-order chi connectivity index (χ0) is 14.7. The fourth-order valence-electron chi connectivity index (χ4n) is 1.95. The van der Waals surface area contributed by atoms with Crippen LogP contribution in [0.5, 0.6) is 11.5 Å². The van der Waals surface area contributed by atoms with Gasteiger partial charge in [0.25, 0.3) is 0 Å². The van der Waals surface area contributed by atoms with Crippen LogP contribution in [0.15, 0.2) is 24.3 Å². The van der Waals surface area contributed by atoms with Gasteiger partial charge in [0.05, 0.1) is 13.7 Å². The molecule has 1 aromatic carbocycles. The van der Waals surface area contributed by atoms with E-state index in [0.29, 0.717) is 11.5 Å². The molecule has 20 heavy (non-hydrogen) atoms. The lowest BCUT2D eigenvalue weighted by Crippen LogP contribution is -2.60. The molecule has 0 aromatic heterocycles. The van der Waals surface area contributed by atoms with Crippen molar-refractivity contribution in [2.24, 2.45) is 0 Å². The zero-order valence-corrected chi connectivity index (χ0v) is 10.9. The molecule has 7 nitrogen and oxygen atoms in total. The summed E-state index contributed by atoms with van der Waals surface area (Å²) in [6.07, 6.45) is -6.44. The van der Waals surface area contributed by atoms with Crippen LogP contribution >= 0.6 is 0 Å². The molecule has 0 unspecified atom stereocenters. The van der Waals surface area contributed by atoms with Crippen molar-refractivity contribution in [2.45, 2.75) is 30.7 Å². The first kappa shape index (κ1) is 15.0. The number of aliphatic hydroxyl groups excluding tert-OH is 4. The predicted molar refractivity (Wildman–Crippen MR) is 67.4 cm³/mol. The SMILES string of the molecule is COc1ccc(O[C@@H]2O[C@@H](CO)[C@@H](O)[C@H](O)[C@H]2O)cc1. The quantitative estimate of drug-likeness (QED) is 0.555. The topological polar surface area (TPSA) is 109 Å². The lowest BCUT2D eigenvalue weighted by molar-refractivity contribution is -0.277. The highest BCUT2D eigenvalue weighted by molar-refractivity contribution is 5.31. The van der Waals surface area contributed by atoms with Crippen molar-refractivity contribution in [1.29, 1.82) is 0 Å². The molecule has 1 aliphatic heterocycles. The van der Waals surface area contributed by atoms with Crippen LogP contribution in [0.25, 0.3) is 0 Å². The number of hydrogen-bond acceptors (Lipinski definition) is 7. The second kappa shape index (κ2) is 6.38. The van der Waals surface area contributed by atoms with Gasteiger partial charge in [0, 0.05) is 0 Å². The maximum absolute atomic E-state index is 9.82. The average molecular weight is 286 g/mol. The van der Waals surface area contributed by atoms with Crippen molar-refractivity contribution < 1.29 is 34.6 Å². The zero-order valence-electron chi connectivity index (χ0n) is 10.9. The molecule has 1 heterocycles. The lowest BCUT2D eigenvalue weighted by atomic mass is 9.99. The molecule has 2 rings (SSSR count). The van der Waals surface area contributed by atoms with Crippen molar-refractivity contribution in [3.05, 3.63) is 24.3 Å². The minimum Gasteiger partial charge on any atom is -0.497 e. The van der Waals surface area contributed by atoms with E-state index in [0.717, 1.165) is 0 Å². The smallest absolute Gasteiger partial charge is 0.229 e. The van der Waals surface area contributed by atoms with E-state index < -0.39 is 37.3 Å². The van der Waals surface area contributed by atoms with E-state index in [1.165, 1.54) is 7.11 Å². The fourth-order valence-corrected chi connectivity index (χ4v) is 1.95. The number of methoxy groups -OCH3 is 1. The van der Waals surface area contributed by atoms with Crippen LogP contribution in [0.3, 0.4) is 0 Å². The lowest BCUT2D eigenvalue weighted by Gasteiger charge is -2.39. The van der Waals surface area contributed by atoms with Gasteiger partial charge in [0.15, 0.2) is 0 Å². The molecular formula is C13H18O7. The van der Waals surface area contributed by atoms with E-state index in [1.807, 2.05) is 0 Å². The molecule has 5 atom stereocenters. The summed E-state index contributed by atoms with van der Waals surface area (Å²) in [6, 6.07) is 6.55. The Labute approximate surface area is 115 Å². The minimum absolute atomic E-state index is 0.398. The summed E-state index contributed by atoms with van der Waals surface area (Å²) >= 11 is 0. The summed E-state index contributed by atoms with van der Waals surface area (Å²) in [5.74, 6) is 1.04. The Balaban J connectivity index is 2.06. The summed E-state index contributed by atoms with van der Waals surface area (Å²) in [5, 5.41) is 38.2. The molecule has 0 saturated carbocycles. The number of rotatable bonds is 4. The summed E-state index contributed by atoms with van der Waals surface area (Å²) in [5.41, 5.74) is 0. The van der Waals surface area contributed by atoms with E-state index in [1.54, 1.807) is 24.3 Å². The van der Waals surface area contributed by atoms with Gasteiger partial charge < -0.3 is 34.6 Å². The maximum Gasteiger partial charge on any atom is 0.229 e. The van der Waals surface area contributed by atoms with Gasteiger partial charge in [-0.2, -0.15) is 0 Å². The first-order valence-corrected chi connectivity index (χ1v) is 6.18. The van der Waals surface area contributed by atoms with Crippen LogP contribution in [-0.4, -0.2) is 64.8 Å². The van der Waals surface area contributed by atoms with Crippen molar-refractivity contribution >= 4 is 0 Å². The molecular weight excluding hydrogens is 268 g/mol. The van der Waals surface area contributed by atoms with Crippen LogP contribution < -0.4 is 9.47 Å². The molecule has 1 aliphatic rings. The van der Waals surface area contributed by atoms with E-state index >= 15 is 0 Å². The van der Waals surface area contributed by atoms with Crippen molar-refractivity contribution in [1.82, 2.24) is 0 Å². The summed E-state index contributed by atoms with van der Waals surface area (Å²) in [6.45, 7) is -0.493. The number of benzene rings is 1. The summed E-state index contributed by atoms with van der Waals surface area (Å²) in [7, 11) is 1.54. The molecule has 0 aliphatic carbocycles. The van der Waals surface area contributed by atoms with Gasteiger partial charge in [-0.25, -0.2) is 0 Å². The molecule has 0 spiro atoms. The molecule has 0 bridgehead atoms. The summed E-state index contributed by atoms with van der Waals surface area (Å²) < 4.78 is 15.6. The highest BCUT2D eigenvalue weighted by Crippen LogP contribution is 2.25. The molecule has 7 heteroatoms. The van der Waals surface area contributed by atoms with E-state index in [9.17, 15) is 15.3 Å². The van der Waals surface area contributed by atoms with Crippen LogP contribution in [0.4, 0.5) is 0 Å². The third-order valence-electron chi connectivity index (χ3n) is 3.16. The third-order valence-corrected chi connectivity index (χ3v) is 3.16. The van der Waals surface area contributed by atoms with Gasteiger partial charge in [-0.05, 0) is 24.3 Å². The summed E-state index contributed by atoms with van der Waals surface area (Å²) in [4.78, 5) is 0. The second-order valence-electron chi connectivity index (χ2n) is 4.49. The van der Waals surface area contributed by atoms with Crippen LogP contribution in [-0.2, 0) is 4.74 Å². The second-order valence-corrected chi connectivity index (χ2v) is 4.49. The molecule has 4 N–H and O–H groups in total. The van der Waals surface area contributed by atoms with Gasteiger partial charge in [-0.3, -0.25) is 0 Å². The number of hydrogen-bond donors (Lipinski definition) is 4. The Morgan fingerprint density at radius 3 is 2.15 bits per heavy atom. The fraction of sp³-hybridized carbons (Fsp3) is 0.538. The Morgan fingerprint density at radius 2 is 1.60 bits per heavy atom. The molecule has 1 aromatic rings. The highest BCUT2D eigenvalue weighted by Gasteiger charge is 2.44. The standard InChI is InChI=1S/C13H18O7/c1-18-7-2-4-8(5-3-7)19-13-12(17)11(16)10(15)9(6-14)20-13/h2-5,9-17H,6H2,1H3/t9-,10+,11-,12+,13+/m0/s1. The maximum atomic E-state index is 9.82. The van der Waals surface area contributed by atoms with Crippen LogP contribution in [0, 0.1) is 0 Å². The average Bonchev–Trinajstić information content (AvgIpc) is 2.48. The largest absolute Gasteiger partial charge is 0.497 e. The van der Waals surface area contributed by atoms with Gasteiger partial charge in [0.1, 0.15) is 35.9 Å².